The maximum Gasteiger partial charge on any atom is 0.325 e. The van der Waals surface area contributed by atoms with Crippen molar-refractivity contribution in [2.75, 3.05) is 19.0 Å². The van der Waals surface area contributed by atoms with Crippen LogP contribution in [0.3, 0.4) is 0 Å². The topological polar surface area (TPSA) is 74.8 Å². The summed E-state index contributed by atoms with van der Waals surface area (Å²) in [5.41, 5.74) is 1.76. The highest BCUT2D eigenvalue weighted by molar-refractivity contribution is 6.02. The average Bonchev–Trinajstić information content (AvgIpc) is 2.67. The summed E-state index contributed by atoms with van der Waals surface area (Å²) in [5.74, 6) is 1.20. The first-order valence-corrected chi connectivity index (χ1v) is 8.75. The molecule has 0 aromatic heterocycles. The number of methoxy groups -OCH3 is 1. The normalized spacial score (nSPS) is 10.9. The van der Waals surface area contributed by atoms with Gasteiger partial charge in [0, 0.05) is 12.2 Å². The zero-order chi connectivity index (χ0) is 18.6. The second-order valence-corrected chi connectivity index (χ2v) is 5.74. The number of anilines is 1. The fourth-order valence-corrected chi connectivity index (χ4v) is 2.22. The number of carbonyl (C=O) groups is 1. The summed E-state index contributed by atoms with van der Waals surface area (Å²) < 4.78 is 5.11. The van der Waals surface area contributed by atoms with E-state index in [1.165, 1.54) is 0 Å². The van der Waals surface area contributed by atoms with Gasteiger partial charge in [0.1, 0.15) is 5.75 Å². The van der Waals surface area contributed by atoms with Gasteiger partial charge >= 0.3 is 6.03 Å². The van der Waals surface area contributed by atoms with Gasteiger partial charge in [-0.3, -0.25) is 5.32 Å². The Balaban J connectivity index is 1.95. The Kier molecular flexibility index (Phi) is 7.99. The Morgan fingerprint density at radius 2 is 1.81 bits per heavy atom. The van der Waals surface area contributed by atoms with Crippen LogP contribution in [0.4, 0.5) is 10.5 Å². The van der Waals surface area contributed by atoms with Crippen LogP contribution in [0.15, 0.2) is 59.6 Å². The van der Waals surface area contributed by atoms with E-state index in [1.807, 2.05) is 30.3 Å². The largest absolute Gasteiger partial charge is 0.497 e. The van der Waals surface area contributed by atoms with Crippen molar-refractivity contribution in [3.8, 4) is 5.75 Å². The molecule has 26 heavy (non-hydrogen) atoms. The van der Waals surface area contributed by atoms with Crippen molar-refractivity contribution in [2.24, 2.45) is 4.99 Å². The van der Waals surface area contributed by atoms with E-state index in [1.54, 1.807) is 31.4 Å². The maximum atomic E-state index is 12.2. The van der Waals surface area contributed by atoms with Crippen LogP contribution >= 0.6 is 0 Å². The minimum atomic E-state index is -0.342. The van der Waals surface area contributed by atoms with Crippen molar-refractivity contribution in [3.05, 3.63) is 60.2 Å². The van der Waals surface area contributed by atoms with Crippen LogP contribution in [0, 0.1) is 0 Å². The number of carbonyl (C=O) groups excluding carboxylic acids is 1. The smallest absolute Gasteiger partial charge is 0.325 e. The number of rotatable bonds is 7. The molecule has 0 fully saturated rings. The molecule has 3 N–H and O–H groups in total. The van der Waals surface area contributed by atoms with Gasteiger partial charge in [-0.1, -0.05) is 43.7 Å². The number of benzene rings is 2. The predicted molar refractivity (Wildman–Crippen MR) is 106 cm³/mol. The van der Waals surface area contributed by atoms with E-state index in [4.69, 9.17) is 4.74 Å². The van der Waals surface area contributed by atoms with Gasteiger partial charge in [-0.15, -0.1) is 0 Å². The van der Waals surface area contributed by atoms with Gasteiger partial charge in [0.15, 0.2) is 5.96 Å². The minimum absolute atomic E-state index is 0.342. The molecule has 2 aromatic rings. The van der Waals surface area contributed by atoms with Crippen LogP contribution in [0.25, 0.3) is 0 Å². The summed E-state index contributed by atoms with van der Waals surface area (Å²) >= 11 is 0. The van der Waals surface area contributed by atoms with E-state index < -0.39 is 0 Å². The SMILES string of the molecule is CCCCNC(=NCc1ccccc1)NC(=O)Nc1ccc(OC)cc1. The molecule has 0 saturated heterocycles. The number of guanidine groups is 1. The van der Waals surface area contributed by atoms with Gasteiger partial charge < -0.3 is 15.4 Å². The molecule has 0 aliphatic carbocycles. The van der Waals surface area contributed by atoms with E-state index in [2.05, 4.69) is 27.9 Å². The highest BCUT2D eigenvalue weighted by Gasteiger charge is 2.06. The Labute approximate surface area is 154 Å². The van der Waals surface area contributed by atoms with Crippen molar-refractivity contribution < 1.29 is 9.53 Å². The van der Waals surface area contributed by atoms with Gasteiger partial charge in [-0.2, -0.15) is 0 Å². The molecular formula is C20H26N4O2. The molecule has 0 aliphatic rings. The molecule has 0 saturated carbocycles. The molecule has 0 aliphatic heterocycles. The zero-order valence-electron chi connectivity index (χ0n) is 15.3. The van der Waals surface area contributed by atoms with E-state index in [9.17, 15) is 4.79 Å². The van der Waals surface area contributed by atoms with Gasteiger partial charge in [0.25, 0.3) is 0 Å². The molecule has 6 nitrogen and oxygen atoms in total. The van der Waals surface area contributed by atoms with Crippen LogP contribution in [-0.4, -0.2) is 25.6 Å². The van der Waals surface area contributed by atoms with Crippen molar-refractivity contribution in [2.45, 2.75) is 26.3 Å². The molecule has 2 aromatic carbocycles. The lowest BCUT2D eigenvalue weighted by atomic mass is 10.2. The Bertz CT molecular complexity index is 700. The van der Waals surface area contributed by atoms with Crippen molar-refractivity contribution >= 4 is 17.7 Å². The number of urea groups is 1. The summed E-state index contributed by atoms with van der Waals surface area (Å²) in [5, 5.41) is 8.75. The van der Waals surface area contributed by atoms with Crippen LogP contribution in [-0.2, 0) is 6.54 Å². The summed E-state index contributed by atoms with van der Waals surface area (Å²) in [7, 11) is 1.60. The lowest BCUT2D eigenvalue weighted by molar-refractivity contribution is 0.256. The van der Waals surface area contributed by atoms with Crippen LogP contribution in [0.5, 0.6) is 5.75 Å². The minimum Gasteiger partial charge on any atom is -0.497 e. The third kappa shape index (κ3) is 6.84. The summed E-state index contributed by atoms with van der Waals surface area (Å²) in [6.45, 7) is 3.37. The monoisotopic (exact) mass is 354 g/mol. The number of nitrogens with zero attached hydrogens (tertiary/aromatic N) is 1. The van der Waals surface area contributed by atoms with Gasteiger partial charge in [-0.25, -0.2) is 9.79 Å². The Morgan fingerprint density at radius 3 is 2.46 bits per heavy atom. The van der Waals surface area contributed by atoms with Gasteiger partial charge in [0.2, 0.25) is 0 Å². The second-order valence-electron chi connectivity index (χ2n) is 5.74. The molecule has 0 spiro atoms. The lowest BCUT2D eigenvalue weighted by Crippen LogP contribution is -2.43. The molecule has 2 rings (SSSR count). The lowest BCUT2D eigenvalue weighted by Gasteiger charge is -2.12. The molecule has 0 bridgehead atoms. The quantitative estimate of drug-likeness (QED) is 0.403. The molecule has 6 heteroatoms. The number of ether oxygens (including phenoxy) is 1. The molecule has 0 radical (unpaired) electrons. The molecule has 138 valence electrons. The number of hydrogen-bond donors (Lipinski definition) is 3. The standard InChI is InChI=1S/C20H26N4O2/c1-3-4-14-21-19(22-15-16-8-6-5-7-9-16)24-20(25)23-17-10-12-18(26-2)13-11-17/h5-13H,3-4,14-15H2,1-2H3,(H3,21,22,23,24,25). The molecular weight excluding hydrogens is 328 g/mol. The van der Waals surface area contributed by atoms with Crippen LogP contribution in [0.1, 0.15) is 25.3 Å². The second kappa shape index (κ2) is 10.8. The first kappa shape index (κ1) is 19.3. The van der Waals surface area contributed by atoms with E-state index >= 15 is 0 Å². The van der Waals surface area contributed by atoms with Crippen LogP contribution in [0.2, 0.25) is 0 Å². The van der Waals surface area contributed by atoms with Gasteiger partial charge in [-0.05, 0) is 36.2 Å². The number of nitrogens with one attached hydrogen (secondary N) is 3. The van der Waals surface area contributed by atoms with Crippen molar-refractivity contribution in [3.63, 3.8) is 0 Å². The number of aliphatic imine (C=N–C) groups is 1. The zero-order valence-corrected chi connectivity index (χ0v) is 15.3. The summed E-state index contributed by atoms with van der Waals surface area (Å²) in [4.78, 5) is 16.7. The first-order chi connectivity index (χ1) is 12.7. The Hall–Kier alpha value is -3.02. The number of amides is 2. The summed E-state index contributed by atoms with van der Waals surface area (Å²) in [6, 6.07) is 16.7. The highest BCUT2D eigenvalue weighted by Crippen LogP contribution is 2.14. The highest BCUT2D eigenvalue weighted by atomic mass is 16.5. The van der Waals surface area contributed by atoms with E-state index in [0.29, 0.717) is 18.2 Å². The van der Waals surface area contributed by atoms with E-state index in [-0.39, 0.29) is 6.03 Å². The Morgan fingerprint density at radius 1 is 1.08 bits per heavy atom. The third-order valence-electron chi connectivity index (χ3n) is 3.67. The van der Waals surface area contributed by atoms with Crippen LogP contribution < -0.4 is 20.7 Å². The molecule has 0 atom stereocenters. The predicted octanol–water partition coefficient (Wildman–Crippen LogP) is 3.76. The van der Waals surface area contributed by atoms with Crippen molar-refractivity contribution in [1.82, 2.24) is 10.6 Å². The molecule has 0 unspecified atom stereocenters. The fourth-order valence-electron chi connectivity index (χ4n) is 2.22. The first-order valence-electron chi connectivity index (χ1n) is 8.75. The summed E-state index contributed by atoms with van der Waals surface area (Å²) in [6.07, 6.45) is 2.07. The number of hydrogen-bond acceptors (Lipinski definition) is 3. The molecule has 0 heterocycles. The van der Waals surface area contributed by atoms with E-state index in [0.717, 1.165) is 30.7 Å². The molecule has 2 amide bonds. The van der Waals surface area contributed by atoms with Crippen molar-refractivity contribution in [1.29, 1.82) is 0 Å². The van der Waals surface area contributed by atoms with Gasteiger partial charge in [0.05, 0.1) is 13.7 Å². The number of unbranched alkanes of at least 4 members (excludes halogenated alkanes) is 1. The maximum absolute atomic E-state index is 12.2. The fraction of sp³-hybridized carbons (Fsp3) is 0.300. The average molecular weight is 354 g/mol. The third-order valence-corrected chi connectivity index (χ3v) is 3.67.